The molecule has 1 aliphatic carbocycles. The second-order valence-electron chi connectivity index (χ2n) is 4.40. The van der Waals surface area contributed by atoms with Gasteiger partial charge in [-0.15, -0.1) is 11.3 Å². The van der Waals surface area contributed by atoms with E-state index < -0.39 is 0 Å². The van der Waals surface area contributed by atoms with Crippen molar-refractivity contribution in [3.63, 3.8) is 0 Å². The van der Waals surface area contributed by atoms with Gasteiger partial charge in [0, 0.05) is 11.5 Å². The first-order valence-corrected chi connectivity index (χ1v) is 6.84. The predicted octanol–water partition coefficient (Wildman–Crippen LogP) is 3.74. The van der Waals surface area contributed by atoms with Crippen LogP contribution in [0, 0.1) is 11.8 Å². The first-order valence-electron chi connectivity index (χ1n) is 5.64. The van der Waals surface area contributed by atoms with E-state index in [0.717, 1.165) is 16.7 Å². The highest BCUT2D eigenvalue weighted by molar-refractivity contribution is 7.16. The van der Waals surface area contributed by atoms with Gasteiger partial charge >= 0.3 is 0 Å². The Bertz CT molecular complexity index is 304. The summed E-state index contributed by atoms with van der Waals surface area (Å²) in [4.78, 5) is 1.31. The van der Waals surface area contributed by atoms with Crippen LogP contribution in [-0.2, 0) is 6.42 Å². The number of thiophene rings is 1. The monoisotopic (exact) mass is 244 g/mol. The molecule has 1 saturated carbocycles. The zero-order valence-corrected chi connectivity index (χ0v) is 10.4. The van der Waals surface area contributed by atoms with Gasteiger partial charge in [0.1, 0.15) is 0 Å². The van der Waals surface area contributed by atoms with Crippen molar-refractivity contribution in [3.05, 3.63) is 21.3 Å². The van der Waals surface area contributed by atoms with E-state index in [4.69, 9.17) is 11.6 Å². The highest BCUT2D eigenvalue weighted by Gasteiger charge is 2.24. The lowest BCUT2D eigenvalue weighted by atomic mass is 9.88. The summed E-state index contributed by atoms with van der Waals surface area (Å²) in [5, 5.41) is 9.43. The molecular formula is C12H17ClOS. The standard InChI is InChI=1S/C12H17ClOS/c13-12-6-5-11(15-12)7-10(8-14)9-3-1-2-4-9/h5-6,9-10,14H,1-4,7-8H2. The highest BCUT2D eigenvalue weighted by atomic mass is 35.5. The van der Waals surface area contributed by atoms with Crippen LogP contribution >= 0.6 is 22.9 Å². The summed E-state index contributed by atoms with van der Waals surface area (Å²) in [5.74, 6) is 1.18. The Labute approximate surface area is 100 Å². The van der Waals surface area contributed by atoms with Crippen LogP contribution < -0.4 is 0 Å². The fourth-order valence-corrected chi connectivity index (χ4v) is 3.71. The topological polar surface area (TPSA) is 20.2 Å². The Morgan fingerprint density at radius 1 is 1.40 bits per heavy atom. The summed E-state index contributed by atoms with van der Waals surface area (Å²) >= 11 is 7.55. The SMILES string of the molecule is OCC(Cc1ccc(Cl)s1)C1CCCC1. The van der Waals surface area contributed by atoms with Gasteiger partial charge in [-0.3, -0.25) is 0 Å². The predicted molar refractivity (Wildman–Crippen MR) is 65.6 cm³/mol. The van der Waals surface area contributed by atoms with Gasteiger partial charge in [-0.05, 0) is 30.4 Å². The molecule has 1 aromatic rings. The third kappa shape index (κ3) is 2.96. The molecule has 0 aliphatic heterocycles. The molecule has 1 atom stereocenters. The summed E-state index contributed by atoms with van der Waals surface area (Å²) in [6.07, 6.45) is 6.27. The molecule has 0 bridgehead atoms. The fourth-order valence-electron chi connectivity index (χ4n) is 2.53. The van der Waals surface area contributed by atoms with Crippen molar-refractivity contribution in [3.8, 4) is 0 Å². The molecule has 1 N–H and O–H groups in total. The van der Waals surface area contributed by atoms with Crippen molar-refractivity contribution in [1.29, 1.82) is 0 Å². The Kier molecular flexibility index (Phi) is 4.06. The summed E-state index contributed by atoms with van der Waals surface area (Å²) < 4.78 is 0.855. The van der Waals surface area contributed by atoms with Gasteiger partial charge in [-0.25, -0.2) is 0 Å². The average Bonchev–Trinajstić information content (AvgIpc) is 2.85. The third-order valence-corrected chi connectivity index (χ3v) is 4.65. The molecule has 84 valence electrons. The molecule has 15 heavy (non-hydrogen) atoms. The van der Waals surface area contributed by atoms with E-state index >= 15 is 0 Å². The van der Waals surface area contributed by atoms with Crippen molar-refractivity contribution in [2.75, 3.05) is 6.61 Å². The molecule has 1 nitrogen and oxygen atoms in total. The molecule has 2 rings (SSSR count). The van der Waals surface area contributed by atoms with E-state index in [1.54, 1.807) is 11.3 Å². The van der Waals surface area contributed by atoms with Crippen LogP contribution in [0.1, 0.15) is 30.6 Å². The largest absolute Gasteiger partial charge is 0.396 e. The zero-order valence-electron chi connectivity index (χ0n) is 8.79. The molecule has 0 spiro atoms. The number of aliphatic hydroxyl groups is 1. The lowest BCUT2D eigenvalue weighted by Gasteiger charge is -2.20. The molecule has 0 radical (unpaired) electrons. The van der Waals surface area contributed by atoms with Crippen LogP contribution in [0.25, 0.3) is 0 Å². The van der Waals surface area contributed by atoms with E-state index in [9.17, 15) is 5.11 Å². The molecular weight excluding hydrogens is 228 g/mol. The highest BCUT2D eigenvalue weighted by Crippen LogP contribution is 2.34. The van der Waals surface area contributed by atoms with Crippen LogP contribution in [0.3, 0.4) is 0 Å². The molecule has 1 unspecified atom stereocenters. The van der Waals surface area contributed by atoms with Gasteiger partial charge < -0.3 is 5.11 Å². The Morgan fingerprint density at radius 3 is 2.67 bits per heavy atom. The van der Waals surface area contributed by atoms with Crippen LogP contribution in [0.15, 0.2) is 12.1 Å². The first-order chi connectivity index (χ1) is 7.29. The normalized spacial score (nSPS) is 19.6. The number of aliphatic hydroxyl groups excluding tert-OH is 1. The van der Waals surface area contributed by atoms with Gasteiger partial charge in [-0.2, -0.15) is 0 Å². The van der Waals surface area contributed by atoms with E-state index in [1.165, 1.54) is 30.6 Å². The fraction of sp³-hybridized carbons (Fsp3) is 0.667. The van der Waals surface area contributed by atoms with Crippen LogP contribution in [0.2, 0.25) is 4.34 Å². The zero-order chi connectivity index (χ0) is 10.7. The van der Waals surface area contributed by atoms with Gasteiger partial charge in [0.05, 0.1) is 4.34 Å². The maximum absolute atomic E-state index is 9.43. The number of halogens is 1. The molecule has 1 heterocycles. The maximum atomic E-state index is 9.43. The molecule has 0 amide bonds. The van der Waals surface area contributed by atoms with E-state index in [2.05, 4.69) is 6.07 Å². The van der Waals surface area contributed by atoms with E-state index in [-0.39, 0.29) is 0 Å². The Hall–Kier alpha value is -0.0500. The minimum Gasteiger partial charge on any atom is -0.396 e. The summed E-state index contributed by atoms with van der Waals surface area (Å²) in [7, 11) is 0. The molecule has 1 aliphatic rings. The average molecular weight is 245 g/mol. The van der Waals surface area contributed by atoms with Crippen molar-refractivity contribution in [1.82, 2.24) is 0 Å². The summed E-state index contributed by atoms with van der Waals surface area (Å²) in [5.41, 5.74) is 0. The molecule has 0 aromatic carbocycles. The lowest BCUT2D eigenvalue weighted by Crippen LogP contribution is -2.18. The van der Waals surface area contributed by atoms with Crippen molar-refractivity contribution < 1.29 is 5.11 Å². The second kappa shape index (κ2) is 5.33. The minimum absolute atomic E-state index is 0.320. The van der Waals surface area contributed by atoms with Crippen molar-refractivity contribution in [2.45, 2.75) is 32.1 Å². The number of rotatable bonds is 4. The second-order valence-corrected chi connectivity index (χ2v) is 6.20. The third-order valence-electron chi connectivity index (χ3n) is 3.39. The van der Waals surface area contributed by atoms with Crippen molar-refractivity contribution in [2.24, 2.45) is 11.8 Å². The van der Waals surface area contributed by atoms with Crippen LogP contribution in [0.4, 0.5) is 0 Å². The Morgan fingerprint density at radius 2 is 2.13 bits per heavy atom. The smallest absolute Gasteiger partial charge is 0.0931 e. The molecule has 1 aromatic heterocycles. The minimum atomic E-state index is 0.320. The molecule has 1 fully saturated rings. The summed E-state index contributed by atoms with van der Waals surface area (Å²) in [6.45, 7) is 0.320. The maximum Gasteiger partial charge on any atom is 0.0931 e. The number of hydrogen-bond donors (Lipinski definition) is 1. The van der Waals surface area contributed by atoms with Gasteiger partial charge in [0.2, 0.25) is 0 Å². The van der Waals surface area contributed by atoms with Gasteiger partial charge in [-0.1, -0.05) is 37.3 Å². The Balaban J connectivity index is 1.95. The first kappa shape index (κ1) is 11.4. The van der Waals surface area contributed by atoms with E-state index in [0.29, 0.717) is 12.5 Å². The lowest BCUT2D eigenvalue weighted by molar-refractivity contribution is 0.176. The van der Waals surface area contributed by atoms with Crippen molar-refractivity contribution >= 4 is 22.9 Å². The van der Waals surface area contributed by atoms with Gasteiger partial charge in [0.15, 0.2) is 0 Å². The van der Waals surface area contributed by atoms with Crippen LogP contribution in [-0.4, -0.2) is 11.7 Å². The quantitative estimate of drug-likeness (QED) is 0.856. The van der Waals surface area contributed by atoms with Gasteiger partial charge in [0.25, 0.3) is 0 Å². The molecule has 3 heteroatoms. The number of hydrogen-bond acceptors (Lipinski definition) is 2. The summed E-state index contributed by atoms with van der Waals surface area (Å²) in [6, 6.07) is 4.04. The van der Waals surface area contributed by atoms with E-state index in [1.807, 2.05) is 6.07 Å². The molecule has 0 saturated heterocycles. The van der Waals surface area contributed by atoms with Crippen LogP contribution in [0.5, 0.6) is 0 Å².